The Bertz CT molecular complexity index is 1280. The van der Waals surface area contributed by atoms with E-state index in [1.54, 1.807) is 4.90 Å². The van der Waals surface area contributed by atoms with Crippen LogP contribution in [0.2, 0.25) is 0 Å². The molecule has 1 N–H and O–H groups in total. The molecule has 32 heavy (non-hydrogen) atoms. The molecule has 2 aliphatic heterocycles. The highest BCUT2D eigenvalue weighted by Crippen LogP contribution is 2.46. The minimum Gasteiger partial charge on any atom is -0.502 e. The van der Waals surface area contributed by atoms with Crippen LogP contribution in [-0.2, 0) is 0 Å². The molecule has 3 atom stereocenters. The van der Waals surface area contributed by atoms with Crippen LogP contribution in [0.4, 0.5) is 13.2 Å². The molecule has 5 rings (SSSR count). The molecule has 2 aliphatic rings. The molecule has 0 spiro atoms. The SMILES string of the molecule is O=C1c2c(O)c(=O)cnn2[C@@H]([C@@H](c2ccc(F)cc2)c2ccc(F)cc2F)[C@H]2CCCN12. The van der Waals surface area contributed by atoms with Crippen LogP contribution in [0.15, 0.2) is 53.5 Å². The summed E-state index contributed by atoms with van der Waals surface area (Å²) < 4.78 is 43.7. The standard InChI is InChI=1S/C23H18F3N3O3/c24-13-5-3-12(4-6-13)19(15-8-7-14(25)10-16(15)26)20-17-2-1-9-28(17)23(32)21-22(31)18(30)11-27-29(20)21/h3-8,10-11,17,19-20,31H,1-2,9H2/t17-,19+,20-/m1/s1. The van der Waals surface area contributed by atoms with E-state index in [0.717, 1.165) is 18.3 Å². The molecule has 0 unspecified atom stereocenters. The smallest absolute Gasteiger partial charge is 0.276 e. The van der Waals surface area contributed by atoms with Gasteiger partial charge >= 0.3 is 0 Å². The minimum atomic E-state index is -0.803. The number of amides is 1. The van der Waals surface area contributed by atoms with Gasteiger partial charge in [-0.2, -0.15) is 5.10 Å². The van der Waals surface area contributed by atoms with Gasteiger partial charge < -0.3 is 10.0 Å². The fraction of sp³-hybridized carbons (Fsp3) is 0.261. The summed E-state index contributed by atoms with van der Waals surface area (Å²) >= 11 is 0. The van der Waals surface area contributed by atoms with E-state index in [9.17, 15) is 23.5 Å². The van der Waals surface area contributed by atoms with Crippen LogP contribution in [0.25, 0.3) is 0 Å². The predicted octanol–water partition coefficient (Wildman–Crippen LogP) is 3.36. The van der Waals surface area contributed by atoms with Gasteiger partial charge in [0.15, 0.2) is 11.4 Å². The van der Waals surface area contributed by atoms with Crippen molar-refractivity contribution in [2.24, 2.45) is 0 Å². The van der Waals surface area contributed by atoms with Crippen LogP contribution in [-0.4, -0.2) is 38.3 Å². The maximum absolute atomic E-state index is 15.0. The fourth-order valence-electron chi connectivity index (χ4n) is 4.93. The number of hydrogen-bond donors (Lipinski definition) is 1. The molecule has 0 bridgehead atoms. The van der Waals surface area contributed by atoms with Gasteiger partial charge in [0.25, 0.3) is 5.91 Å². The maximum Gasteiger partial charge on any atom is 0.276 e. The number of nitrogens with zero attached hydrogens (tertiary/aromatic N) is 3. The van der Waals surface area contributed by atoms with Crippen molar-refractivity contribution in [3.8, 4) is 5.75 Å². The fourth-order valence-corrected chi connectivity index (χ4v) is 4.93. The minimum absolute atomic E-state index is 0.134. The highest BCUT2D eigenvalue weighted by Gasteiger charge is 2.48. The molecule has 1 saturated heterocycles. The monoisotopic (exact) mass is 441 g/mol. The van der Waals surface area contributed by atoms with Crippen molar-refractivity contribution >= 4 is 5.91 Å². The molecule has 3 aromatic rings. The largest absolute Gasteiger partial charge is 0.502 e. The van der Waals surface area contributed by atoms with Gasteiger partial charge in [-0.1, -0.05) is 18.2 Å². The average molecular weight is 441 g/mol. The van der Waals surface area contributed by atoms with E-state index in [4.69, 9.17) is 0 Å². The van der Waals surface area contributed by atoms with Crippen LogP contribution in [0.3, 0.4) is 0 Å². The van der Waals surface area contributed by atoms with Crippen molar-refractivity contribution in [3.63, 3.8) is 0 Å². The Morgan fingerprint density at radius 3 is 2.47 bits per heavy atom. The van der Waals surface area contributed by atoms with Crippen LogP contribution in [0.1, 0.15) is 46.4 Å². The summed E-state index contributed by atoms with van der Waals surface area (Å²) in [5.41, 5.74) is -0.410. The van der Waals surface area contributed by atoms with E-state index in [1.165, 1.54) is 35.0 Å². The van der Waals surface area contributed by atoms with Crippen LogP contribution in [0, 0.1) is 17.5 Å². The van der Waals surface area contributed by atoms with Crippen molar-refractivity contribution in [2.75, 3.05) is 6.54 Å². The third kappa shape index (κ3) is 3.07. The summed E-state index contributed by atoms with van der Waals surface area (Å²) in [6.07, 6.45) is 2.17. The molecule has 1 aromatic heterocycles. The van der Waals surface area contributed by atoms with E-state index < -0.39 is 52.5 Å². The third-order valence-electron chi connectivity index (χ3n) is 6.29. The van der Waals surface area contributed by atoms with Gasteiger partial charge in [0, 0.05) is 18.5 Å². The number of halogens is 3. The van der Waals surface area contributed by atoms with Gasteiger partial charge in [-0.3, -0.25) is 14.3 Å². The number of aromatic hydroxyl groups is 1. The quantitative estimate of drug-likeness (QED) is 0.677. The van der Waals surface area contributed by atoms with Gasteiger partial charge in [-0.05, 0) is 42.2 Å². The Morgan fingerprint density at radius 1 is 1.03 bits per heavy atom. The van der Waals surface area contributed by atoms with Gasteiger partial charge in [-0.15, -0.1) is 0 Å². The summed E-state index contributed by atoms with van der Waals surface area (Å²) in [7, 11) is 0. The van der Waals surface area contributed by atoms with E-state index in [-0.39, 0.29) is 11.3 Å². The lowest BCUT2D eigenvalue weighted by Gasteiger charge is -2.42. The lowest BCUT2D eigenvalue weighted by molar-refractivity contribution is 0.0564. The number of aromatic nitrogens is 2. The van der Waals surface area contributed by atoms with E-state index >= 15 is 4.39 Å². The van der Waals surface area contributed by atoms with Crippen molar-refractivity contribution in [1.82, 2.24) is 14.7 Å². The average Bonchev–Trinajstić information content (AvgIpc) is 3.25. The number of fused-ring (bicyclic) bond motifs is 2. The lowest BCUT2D eigenvalue weighted by atomic mass is 9.79. The van der Waals surface area contributed by atoms with Crippen molar-refractivity contribution in [1.29, 1.82) is 0 Å². The van der Waals surface area contributed by atoms with Crippen LogP contribution >= 0.6 is 0 Å². The highest BCUT2D eigenvalue weighted by atomic mass is 19.1. The zero-order chi connectivity index (χ0) is 22.6. The van der Waals surface area contributed by atoms with Crippen molar-refractivity contribution < 1.29 is 23.1 Å². The van der Waals surface area contributed by atoms with Crippen LogP contribution in [0.5, 0.6) is 5.75 Å². The first-order valence-electron chi connectivity index (χ1n) is 10.2. The molecule has 9 heteroatoms. The van der Waals surface area contributed by atoms with E-state index in [2.05, 4.69) is 5.10 Å². The zero-order valence-corrected chi connectivity index (χ0v) is 16.7. The summed E-state index contributed by atoms with van der Waals surface area (Å²) in [6, 6.07) is 7.56. The Kier molecular flexibility index (Phi) is 4.76. The van der Waals surface area contributed by atoms with Gasteiger partial charge in [0.05, 0.1) is 18.3 Å². The second kappa shape index (κ2) is 7.51. The first-order valence-corrected chi connectivity index (χ1v) is 10.2. The predicted molar refractivity (Wildman–Crippen MR) is 108 cm³/mol. The first kappa shape index (κ1) is 20.3. The molecule has 6 nitrogen and oxygen atoms in total. The summed E-state index contributed by atoms with van der Waals surface area (Å²) in [5, 5.41) is 14.5. The van der Waals surface area contributed by atoms with Crippen molar-refractivity contribution in [2.45, 2.75) is 30.8 Å². The molecule has 1 amide bonds. The van der Waals surface area contributed by atoms with E-state index in [1.807, 2.05) is 0 Å². The molecule has 3 heterocycles. The normalized spacial score (nSPS) is 20.7. The Labute approximate surface area is 180 Å². The molecule has 0 saturated carbocycles. The second-order valence-corrected chi connectivity index (χ2v) is 8.04. The number of carbonyl (C=O) groups excluding carboxylic acids is 1. The Morgan fingerprint density at radius 2 is 1.75 bits per heavy atom. The van der Waals surface area contributed by atoms with Gasteiger partial charge in [0.2, 0.25) is 5.43 Å². The number of hydrogen-bond acceptors (Lipinski definition) is 4. The maximum atomic E-state index is 15.0. The molecule has 0 aliphatic carbocycles. The number of benzene rings is 2. The molecular weight excluding hydrogens is 423 g/mol. The van der Waals surface area contributed by atoms with Crippen LogP contribution < -0.4 is 5.43 Å². The Hall–Kier alpha value is -3.62. The first-order chi connectivity index (χ1) is 15.4. The summed E-state index contributed by atoms with van der Waals surface area (Å²) in [5.74, 6) is -4.07. The van der Waals surface area contributed by atoms with E-state index in [0.29, 0.717) is 24.9 Å². The zero-order valence-electron chi connectivity index (χ0n) is 16.7. The number of rotatable bonds is 3. The van der Waals surface area contributed by atoms with Gasteiger partial charge in [-0.25, -0.2) is 13.2 Å². The highest BCUT2D eigenvalue weighted by molar-refractivity contribution is 5.96. The lowest BCUT2D eigenvalue weighted by Crippen LogP contribution is -2.51. The molecule has 0 radical (unpaired) electrons. The summed E-state index contributed by atoms with van der Waals surface area (Å²) in [6.45, 7) is 0.407. The third-order valence-corrected chi connectivity index (χ3v) is 6.29. The summed E-state index contributed by atoms with van der Waals surface area (Å²) in [4.78, 5) is 26.7. The molecule has 2 aromatic carbocycles. The number of carbonyl (C=O) groups is 1. The second-order valence-electron chi connectivity index (χ2n) is 8.04. The van der Waals surface area contributed by atoms with Gasteiger partial charge in [0.1, 0.15) is 17.5 Å². The van der Waals surface area contributed by atoms with Crippen molar-refractivity contribution in [3.05, 3.63) is 93.2 Å². The Balaban J connectivity index is 1.79. The molecule has 1 fully saturated rings. The topological polar surface area (TPSA) is 75.4 Å². The molecular formula is C23H18F3N3O3. The molecule has 164 valence electrons.